The molecule has 0 fully saturated rings. The van der Waals surface area contributed by atoms with Gasteiger partial charge in [0.15, 0.2) is 0 Å². The van der Waals surface area contributed by atoms with Crippen LogP contribution in [0.3, 0.4) is 0 Å². The fourth-order valence-electron chi connectivity index (χ4n) is 0.803. The third-order valence-electron chi connectivity index (χ3n) is 1.84. The Morgan fingerprint density at radius 1 is 1.54 bits per heavy atom. The molecule has 0 saturated carbocycles. The molecule has 0 spiro atoms. The molecule has 0 aliphatic rings. The molecule has 0 atom stereocenters. The molecule has 0 aliphatic carbocycles. The molecule has 70 valence electrons. The van der Waals surface area contributed by atoms with Crippen LogP contribution in [0, 0.1) is 6.92 Å². The standard InChI is InChI=1S/C8H11N3O2/c1-5-10-6(4-9-11-5)8(2,3)7(12)13/h4H,1-3H3,(H,12,13). The molecule has 13 heavy (non-hydrogen) atoms. The number of hydrogen-bond donors (Lipinski definition) is 1. The van der Waals surface area contributed by atoms with Gasteiger partial charge in [0.2, 0.25) is 0 Å². The second kappa shape index (κ2) is 3.08. The Morgan fingerprint density at radius 2 is 2.15 bits per heavy atom. The zero-order valence-corrected chi connectivity index (χ0v) is 7.77. The molecule has 0 radical (unpaired) electrons. The van der Waals surface area contributed by atoms with Crippen LogP contribution in [0.2, 0.25) is 0 Å². The molecule has 1 N–H and O–H groups in total. The van der Waals surface area contributed by atoms with Crippen LogP contribution in [-0.4, -0.2) is 26.3 Å². The molecule has 0 aliphatic heterocycles. The lowest BCUT2D eigenvalue weighted by Crippen LogP contribution is -2.30. The van der Waals surface area contributed by atoms with E-state index < -0.39 is 11.4 Å². The largest absolute Gasteiger partial charge is 0.481 e. The quantitative estimate of drug-likeness (QED) is 0.720. The Balaban J connectivity index is 3.14. The monoisotopic (exact) mass is 181 g/mol. The maximum Gasteiger partial charge on any atom is 0.315 e. The first-order valence-electron chi connectivity index (χ1n) is 3.85. The average Bonchev–Trinajstić information content (AvgIpc) is 2.04. The topological polar surface area (TPSA) is 76.0 Å². The minimum atomic E-state index is -1.01. The van der Waals surface area contributed by atoms with E-state index in [0.717, 1.165) is 0 Å². The van der Waals surface area contributed by atoms with E-state index >= 15 is 0 Å². The van der Waals surface area contributed by atoms with Gasteiger partial charge in [0.05, 0.1) is 11.9 Å². The van der Waals surface area contributed by atoms with E-state index in [0.29, 0.717) is 11.5 Å². The van der Waals surface area contributed by atoms with E-state index in [-0.39, 0.29) is 0 Å². The van der Waals surface area contributed by atoms with E-state index in [2.05, 4.69) is 15.2 Å². The third kappa shape index (κ3) is 1.80. The zero-order valence-electron chi connectivity index (χ0n) is 7.77. The highest BCUT2D eigenvalue weighted by atomic mass is 16.4. The first-order valence-corrected chi connectivity index (χ1v) is 3.85. The number of carboxylic acids is 1. The maximum atomic E-state index is 10.8. The molecule has 1 aromatic heterocycles. The van der Waals surface area contributed by atoms with Gasteiger partial charge in [0.25, 0.3) is 0 Å². The van der Waals surface area contributed by atoms with Crippen molar-refractivity contribution in [2.45, 2.75) is 26.2 Å². The van der Waals surface area contributed by atoms with Gasteiger partial charge in [-0.3, -0.25) is 4.79 Å². The minimum absolute atomic E-state index is 0.424. The van der Waals surface area contributed by atoms with Crippen molar-refractivity contribution in [1.82, 2.24) is 15.2 Å². The number of carboxylic acid groups (broad SMARTS) is 1. The Hall–Kier alpha value is -1.52. The van der Waals surface area contributed by atoms with Crippen LogP contribution in [0.5, 0.6) is 0 Å². The molecule has 0 bridgehead atoms. The summed E-state index contributed by atoms with van der Waals surface area (Å²) in [5.74, 6) is -0.445. The van der Waals surface area contributed by atoms with Gasteiger partial charge in [0, 0.05) is 0 Å². The van der Waals surface area contributed by atoms with Gasteiger partial charge in [-0.15, -0.1) is 5.10 Å². The number of nitrogens with zero attached hydrogens (tertiary/aromatic N) is 3. The van der Waals surface area contributed by atoms with E-state index in [1.165, 1.54) is 6.20 Å². The minimum Gasteiger partial charge on any atom is -0.481 e. The normalized spacial score (nSPS) is 11.3. The van der Waals surface area contributed by atoms with Crippen molar-refractivity contribution in [3.8, 4) is 0 Å². The molecule has 0 saturated heterocycles. The van der Waals surface area contributed by atoms with Gasteiger partial charge in [0.1, 0.15) is 11.2 Å². The molecule has 1 aromatic rings. The Kier molecular flexibility index (Phi) is 2.27. The second-order valence-electron chi connectivity index (χ2n) is 3.32. The van der Waals surface area contributed by atoms with Crippen LogP contribution in [0.25, 0.3) is 0 Å². The molecule has 1 rings (SSSR count). The first-order chi connectivity index (χ1) is 5.94. The predicted molar refractivity (Wildman–Crippen MR) is 45.2 cm³/mol. The number of aryl methyl sites for hydroxylation is 1. The molecule has 0 unspecified atom stereocenters. The predicted octanol–water partition coefficient (Wildman–Crippen LogP) is 0.542. The molecule has 0 aromatic carbocycles. The van der Waals surface area contributed by atoms with E-state index in [4.69, 9.17) is 5.11 Å². The summed E-state index contributed by atoms with van der Waals surface area (Å²) in [5.41, 5.74) is -0.590. The summed E-state index contributed by atoms with van der Waals surface area (Å²) in [7, 11) is 0. The number of carbonyl (C=O) groups is 1. The van der Waals surface area contributed by atoms with Crippen molar-refractivity contribution in [3.63, 3.8) is 0 Å². The van der Waals surface area contributed by atoms with Crippen LogP contribution >= 0.6 is 0 Å². The van der Waals surface area contributed by atoms with Crippen molar-refractivity contribution < 1.29 is 9.90 Å². The number of rotatable bonds is 2. The number of hydrogen-bond acceptors (Lipinski definition) is 4. The molecule has 5 nitrogen and oxygen atoms in total. The first kappa shape index (κ1) is 9.57. The van der Waals surface area contributed by atoms with Gasteiger partial charge in [-0.1, -0.05) is 0 Å². The lowest BCUT2D eigenvalue weighted by atomic mass is 9.90. The number of aromatic nitrogens is 3. The highest BCUT2D eigenvalue weighted by molar-refractivity contribution is 5.79. The van der Waals surface area contributed by atoms with Crippen LogP contribution < -0.4 is 0 Å². The van der Waals surface area contributed by atoms with Crippen molar-refractivity contribution in [2.24, 2.45) is 0 Å². The fraction of sp³-hybridized carbons (Fsp3) is 0.500. The summed E-state index contributed by atoms with van der Waals surface area (Å²) in [6.07, 6.45) is 1.38. The van der Waals surface area contributed by atoms with Crippen LogP contribution in [0.15, 0.2) is 6.20 Å². The van der Waals surface area contributed by atoms with Crippen LogP contribution in [-0.2, 0) is 10.2 Å². The van der Waals surface area contributed by atoms with Gasteiger partial charge >= 0.3 is 5.97 Å². The van der Waals surface area contributed by atoms with Crippen molar-refractivity contribution in [3.05, 3.63) is 17.7 Å². The smallest absolute Gasteiger partial charge is 0.315 e. The van der Waals surface area contributed by atoms with E-state index in [1.54, 1.807) is 20.8 Å². The fourth-order valence-corrected chi connectivity index (χ4v) is 0.803. The third-order valence-corrected chi connectivity index (χ3v) is 1.84. The summed E-state index contributed by atoms with van der Waals surface area (Å²) in [5, 5.41) is 16.2. The average molecular weight is 181 g/mol. The lowest BCUT2D eigenvalue weighted by Gasteiger charge is -2.17. The summed E-state index contributed by atoms with van der Waals surface area (Å²) >= 11 is 0. The lowest BCUT2D eigenvalue weighted by molar-refractivity contribution is -0.142. The molecular formula is C8H11N3O2. The zero-order chi connectivity index (χ0) is 10.1. The van der Waals surface area contributed by atoms with Gasteiger partial charge in [-0.2, -0.15) is 5.10 Å². The Bertz CT molecular complexity index is 336. The summed E-state index contributed by atoms with van der Waals surface area (Å²) in [4.78, 5) is 14.9. The van der Waals surface area contributed by atoms with E-state index in [1.807, 2.05) is 0 Å². The Morgan fingerprint density at radius 3 is 2.62 bits per heavy atom. The summed E-state index contributed by atoms with van der Waals surface area (Å²) < 4.78 is 0. The Labute approximate surface area is 75.8 Å². The SMILES string of the molecule is Cc1nncc(C(C)(C)C(=O)O)n1. The van der Waals surface area contributed by atoms with E-state index in [9.17, 15) is 4.79 Å². The van der Waals surface area contributed by atoms with Crippen LogP contribution in [0.4, 0.5) is 0 Å². The highest BCUT2D eigenvalue weighted by Crippen LogP contribution is 2.19. The van der Waals surface area contributed by atoms with Crippen molar-refractivity contribution in [2.75, 3.05) is 0 Å². The molecule has 5 heteroatoms. The number of aliphatic carboxylic acids is 1. The van der Waals surface area contributed by atoms with Crippen molar-refractivity contribution >= 4 is 5.97 Å². The summed E-state index contributed by atoms with van der Waals surface area (Å²) in [6.45, 7) is 4.84. The van der Waals surface area contributed by atoms with Crippen LogP contribution in [0.1, 0.15) is 25.4 Å². The molecule has 0 amide bonds. The second-order valence-corrected chi connectivity index (χ2v) is 3.32. The molecular weight excluding hydrogens is 170 g/mol. The molecule has 1 heterocycles. The van der Waals surface area contributed by atoms with Gasteiger partial charge < -0.3 is 5.11 Å². The highest BCUT2D eigenvalue weighted by Gasteiger charge is 2.31. The van der Waals surface area contributed by atoms with Gasteiger partial charge in [-0.25, -0.2) is 4.98 Å². The van der Waals surface area contributed by atoms with Gasteiger partial charge in [-0.05, 0) is 20.8 Å². The summed E-state index contributed by atoms with van der Waals surface area (Å²) in [6, 6.07) is 0. The maximum absolute atomic E-state index is 10.8. The van der Waals surface area contributed by atoms with Crippen molar-refractivity contribution in [1.29, 1.82) is 0 Å².